The van der Waals surface area contributed by atoms with Gasteiger partial charge in [0, 0.05) is 12.7 Å². The molecule has 1 N–H and O–H groups in total. The third-order valence-electron chi connectivity index (χ3n) is 3.01. The summed E-state index contributed by atoms with van der Waals surface area (Å²) in [5, 5.41) is 4.21. The molecule has 0 aliphatic carbocycles. The van der Waals surface area contributed by atoms with E-state index in [2.05, 4.69) is 5.32 Å². The third kappa shape index (κ3) is 4.93. The molecular formula is C16H16N2O4S. The number of anilines is 1. The number of hydrogen-bond acceptors (Lipinski definition) is 5. The molecule has 0 aliphatic heterocycles. The summed E-state index contributed by atoms with van der Waals surface area (Å²) >= 11 is 1.28. The summed E-state index contributed by atoms with van der Waals surface area (Å²) in [5.41, 5.74) is 0.708. The third-order valence-corrected chi connectivity index (χ3v) is 3.88. The van der Waals surface area contributed by atoms with Gasteiger partial charge in [0.15, 0.2) is 6.61 Å². The van der Waals surface area contributed by atoms with Crippen LogP contribution in [0, 0.1) is 0 Å². The van der Waals surface area contributed by atoms with Crippen LogP contribution in [-0.4, -0.2) is 38.0 Å². The number of benzene rings is 1. The number of amides is 2. The van der Waals surface area contributed by atoms with Gasteiger partial charge in [-0.25, -0.2) is 0 Å². The minimum absolute atomic E-state index is 0.279. The van der Waals surface area contributed by atoms with E-state index in [9.17, 15) is 14.4 Å². The summed E-state index contributed by atoms with van der Waals surface area (Å²) in [7, 11) is 1.60. The van der Waals surface area contributed by atoms with Gasteiger partial charge in [-0.05, 0) is 23.6 Å². The summed E-state index contributed by atoms with van der Waals surface area (Å²) in [5.74, 6) is -1.36. The van der Waals surface area contributed by atoms with E-state index >= 15 is 0 Å². The lowest BCUT2D eigenvalue weighted by Gasteiger charge is -2.17. The summed E-state index contributed by atoms with van der Waals surface area (Å²) in [6.07, 6.45) is 0. The molecule has 1 aromatic heterocycles. The fourth-order valence-corrected chi connectivity index (χ4v) is 2.37. The lowest BCUT2D eigenvalue weighted by molar-refractivity contribution is -0.146. The van der Waals surface area contributed by atoms with Crippen LogP contribution in [-0.2, 0) is 14.3 Å². The predicted octanol–water partition coefficient (Wildman–Crippen LogP) is 1.68. The van der Waals surface area contributed by atoms with E-state index in [1.165, 1.54) is 16.2 Å². The number of esters is 1. The zero-order valence-corrected chi connectivity index (χ0v) is 13.3. The molecule has 2 rings (SSSR count). The monoisotopic (exact) mass is 332 g/mol. The van der Waals surface area contributed by atoms with Crippen LogP contribution in [0.1, 0.15) is 9.67 Å². The van der Waals surface area contributed by atoms with E-state index < -0.39 is 5.97 Å². The van der Waals surface area contributed by atoms with Crippen molar-refractivity contribution in [3.63, 3.8) is 0 Å². The lowest BCUT2D eigenvalue weighted by atomic mass is 10.3. The first-order chi connectivity index (χ1) is 11.1. The smallest absolute Gasteiger partial charge is 0.325 e. The molecule has 1 aromatic carbocycles. The quantitative estimate of drug-likeness (QED) is 0.817. The first-order valence-corrected chi connectivity index (χ1v) is 7.75. The first-order valence-electron chi connectivity index (χ1n) is 6.87. The normalized spacial score (nSPS) is 9.96. The summed E-state index contributed by atoms with van der Waals surface area (Å²) in [6, 6.07) is 12.4. The standard InChI is InChI=1S/C16H16N2O4S/c1-18(12-6-3-2-4-7-12)14(19)11-22-15(20)10-17-16(21)13-8-5-9-23-13/h2-9H,10-11H2,1H3,(H,17,21). The van der Waals surface area contributed by atoms with E-state index in [1.807, 2.05) is 18.2 Å². The molecule has 0 unspecified atom stereocenters. The summed E-state index contributed by atoms with van der Waals surface area (Å²) < 4.78 is 4.87. The highest BCUT2D eigenvalue weighted by Crippen LogP contribution is 2.11. The maximum absolute atomic E-state index is 11.9. The number of nitrogens with one attached hydrogen (secondary N) is 1. The molecule has 2 amide bonds. The van der Waals surface area contributed by atoms with Gasteiger partial charge >= 0.3 is 5.97 Å². The summed E-state index contributed by atoms with van der Waals surface area (Å²) in [6.45, 7) is -0.655. The molecule has 0 aliphatic rings. The molecule has 6 nitrogen and oxygen atoms in total. The Balaban J connectivity index is 1.73. The largest absolute Gasteiger partial charge is 0.454 e. The second-order valence-corrected chi connectivity index (χ2v) is 5.56. The van der Waals surface area contributed by atoms with Crippen LogP contribution in [0.4, 0.5) is 5.69 Å². The van der Waals surface area contributed by atoms with Gasteiger partial charge in [-0.15, -0.1) is 11.3 Å². The lowest BCUT2D eigenvalue weighted by Crippen LogP contribution is -2.34. The SMILES string of the molecule is CN(C(=O)COC(=O)CNC(=O)c1cccs1)c1ccccc1. The van der Waals surface area contributed by atoms with E-state index in [1.54, 1.807) is 36.7 Å². The minimum Gasteiger partial charge on any atom is -0.454 e. The van der Waals surface area contributed by atoms with Gasteiger partial charge in [0.05, 0.1) is 4.88 Å². The highest BCUT2D eigenvalue weighted by Gasteiger charge is 2.14. The van der Waals surface area contributed by atoms with Crippen molar-refractivity contribution >= 4 is 34.8 Å². The molecule has 120 valence electrons. The van der Waals surface area contributed by atoms with Crippen LogP contribution in [0.3, 0.4) is 0 Å². The van der Waals surface area contributed by atoms with E-state index in [0.29, 0.717) is 10.6 Å². The van der Waals surface area contributed by atoms with Crippen LogP contribution in [0.5, 0.6) is 0 Å². The number of nitrogens with zero attached hydrogens (tertiary/aromatic N) is 1. The number of likely N-dealkylation sites (N-methyl/N-ethyl adjacent to an activating group) is 1. The van der Waals surface area contributed by atoms with Crippen molar-refractivity contribution in [1.82, 2.24) is 5.32 Å². The number of rotatable bonds is 6. The molecule has 0 saturated heterocycles. The highest BCUT2D eigenvalue weighted by atomic mass is 32.1. The maximum Gasteiger partial charge on any atom is 0.325 e. The number of para-hydroxylation sites is 1. The van der Waals surface area contributed by atoms with Crippen LogP contribution in [0.15, 0.2) is 47.8 Å². The first kappa shape index (κ1) is 16.7. The molecule has 0 radical (unpaired) electrons. The molecule has 0 saturated carbocycles. The van der Waals surface area contributed by atoms with Crippen molar-refractivity contribution in [2.75, 3.05) is 25.1 Å². The Morgan fingerprint density at radius 1 is 1.13 bits per heavy atom. The van der Waals surface area contributed by atoms with Crippen molar-refractivity contribution in [1.29, 1.82) is 0 Å². The number of ether oxygens (including phenoxy) is 1. The molecule has 0 spiro atoms. The maximum atomic E-state index is 11.9. The average Bonchev–Trinajstić information content (AvgIpc) is 3.12. The van der Waals surface area contributed by atoms with Gasteiger partial charge in [-0.1, -0.05) is 24.3 Å². The van der Waals surface area contributed by atoms with Crippen molar-refractivity contribution in [2.24, 2.45) is 0 Å². The van der Waals surface area contributed by atoms with E-state index in [4.69, 9.17) is 4.74 Å². The number of hydrogen-bond donors (Lipinski definition) is 1. The molecular weight excluding hydrogens is 316 g/mol. The molecule has 1 heterocycles. The topological polar surface area (TPSA) is 75.7 Å². The number of carbonyl (C=O) groups excluding carboxylic acids is 3. The second-order valence-electron chi connectivity index (χ2n) is 4.61. The molecule has 0 bridgehead atoms. The van der Waals surface area contributed by atoms with Crippen LogP contribution in [0.2, 0.25) is 0 Å². The molecule has 7 heteroatoms. The molecule has 0 atom stereocenters. The van der Waals surface area contributed by atoms with Gasteiger partial charge in [0.1, 0.15) is 6.54 Å². The van der Waals surface area contributed by atoms with Gasteiger partial charge < -0.3 is 15.0 Å². The van der Waals surface area contributed by atoms with Crippen molar-refractivity contribution < 1.29 is 19.1 Å². The zero-order valence-electron chi connectivity index (χ0n) is 12.5. The van der Waals surface area contributed by atoms with Gasteiger partial charge in [0.2, 0.25) is 0 Å². The Bertz CT molecular complexity index is 671. The van der Waals surface area contributed by atoms with E-state index in [0.717, 1.165) is 0 Å². The second kappa shape index (κ2) is 8.09. The van der Waals surface area contributed by atoms with Crippen molar-refractivity contribution in [2.45, 2.75) is 0 Å². The van der Waals surface area contributed by atoms with Gasteiger partial charge in [-0.2, -0.15) is 0 Å². The van der Waals surface area contributed by atoms with Crippen molar-refractivity contribution in [3.8, 4) is 0 Å². The molecule has 0 fully saturated rings. The molecule has 2 aromatic rings. The average molecular weight is 332 g/mol. The molecule has 23 heavy (non-hydrogen) atoms. The Labute approximate surface area is 137 Å². The summed E-state index contributed by atoms with van der Waals surface area (Å²) in [4.78, 5) is 37.1. The van der Waals surface area contributed by atoms with Gasteiger partial charge in [-0.3, -0.25) is 14.4 Å². The highest BCUT2D eigenvalue weighted by molar-refractivity contribution is 7.12. The zero-order chi connectivity index (χ0) is 16.7. The Kier molecular flexibility index (Phi) is 5.87. The Morgan fingerprint density at radius 3 is 2.52 bits per heavy atom. The van der Waals surface area contributed by atoms with Crippen LogP contribution >= 0.6 is 11.3 Å². The van der Waals surface area contributed by atoms with Crippen LogP contribution < -0.4 is 10.2 Å². The number of carbonyl (C=O) groups is 3. The van der Waals surface area contributed by atoms with Crippen molar-refractivity contribution in [3.05, 3.63) is 52.7 Å². The Morgan fingerprint density at radius 2 is 1.87 bits per heavy atom. The number of thiophene rings is 1. The van der Waals surface area contributed by atoms with Gasteiger partial charge in [0.25, 0.3) is 11.8 Å². The Hall–Kier alpha value is -2.67. The minimum atomic E-state index is -0.662. The predicted molar refractivity (Wildman–Crippen MR) is 87.5 cm³/mol. The van der Waals surface area contributed by atoms with E-state index in [-0.39, 0.29) is 25.0 Å². The fourth-order valence-electron chi connectivity index (χ4n) is 1.73. The van der Waals surface area contributed by atoms with Crippen LogP contribution in [0.25, 0.3) is 0 Å². The fraction of sp³-hybridized carbons (Fsp3) is 0.188.